The molecule has 0 radical (unpaired) electrons. The summed E-state index contributed by atoms with van der Waals surface area (Å²) in [6.07, 6.45) is 0. The van der Waals surface area contributed by atoms with Gasteiger partial charge in [-0.2, -0.15) is 26.3 Å². The molecule has 10 heavy (non-hydrogen) atoms. The van der Waals surface area contributed by atoms with Crippen molar-refractivity contribution < 1.29 is 48.7 Å². The number of thioether (sulfide) groups is 1. The Morgan fingerprint density at radius 1 is 0.700 bits per heavy atom. The predicted molar refractivity (Wildman–Crippen MR) is 19.7 cm³/mol. The second kappa shape index (κ2) is 3.89. The van der Waals surface area contributed by atoms with E-state index in [0.29, 0.717) is 0 Å². The maximum absolute atomic E-state index is 10.8. The van der Waals surface area contributed by atoms with Gasteiger partial charge >= 0.3 is 33.4 Å². The summed E-state index contributed by atoms with van der Waals surface area (Å²) in [4.78, 5) is 0. The predicted octanol–water partition coefficient (Wildman–Crippen LogP) is 2.76. The Balaban J connectivity index is 0. The van der Waals surface area contributed by atoms with Crippen LogP contribution in [-0.2, 0) is 22.4 Å². The largest absolute Gasteiger partial charge is 1.00 e. The fourth-order valence-corrected chi connectivity index (χ4v) is 0.394. The molecule has 0 bridgehead atoms. The topological polar surface area (TPSA) is 0 Å². The third-order valence-corrected chi connectivity index (χ3v) is 0.694. The van der Waals surface area contributed by atoms with Crippen LogP contribution in [0.25, 0.3) is 0 Å². The maximum Gasteiger partial charge on any atom is 1.00 e. The number of rotatable bonds is 0. The van der Waals surface area contributed by atoms with Gasteiger partial charge in [0.25, 0.3) is 0 Å². The molecule has 0 saturated carbocycles. The van der Waals surface area contributed by atoms with Crippen LogP contribution in [0, 0.1) is 0 Å². The molecule has 0 aromatic heterocycles. The van der Waals surface area contributed by atoms with Gasteiger partial charge in [-0.15, -0.1) is 0 Å². The van der Waals surface area contributed by atoms with Crippen molar-refractivity contribution in [1.82, 2.24) is 0 Å². The molecule has 0 saturated heterocycles. The van der Waals surface area contributed by atoms with E-state index in [1.807, 2.05) is 0 Å². The van der Waals surface area contributed by atoms with Gasteiger partial charge < -0.3 is 0 Å². The van der Waals surface area contributed by atoms with Crippen molar-refractivity contribution in [3.05, 3.63) is 0 Å². The van der Waals surface area contributed by atoms with Gasteiger partial charge in [0, 0.05) is 0 Å². The van der Waals surface area contributed by atoms with Gasteiger partial charge in [0.15, 0.2) is 0 Å². The molecule has 0 nitrogen and oxygen atoms in total. The molecule has 0 unspecified atom stereocenters. The average Bonchev–Trinajstić information content (AvgIpc) is 1.14. The van der Waals surface area contributed by atoms with Gasteiger partial charge in [0.05, 0.1) is 11.8 Å². The van der Waals surface area contributed by atoms with Crippen molar-refractivity contribution in [1.29, 1.82) is 0 Å². The zero-order valence-electron chi connectivity index (χ0n) is 3.98. The summed E-state index contributed by atoms with van der Waals surface area (Å²) in [5, 5.41) is 0. The Morgan fingerprint density at radius 2 is 0.900 bits per heavy atom. The molecule has 66 valence electrons. The molecular formula is C2AgF6S+. The van der Waals surface area contributed by atoms with Crippen LogP contribution in [-0.4, -0.2) is 11.0 Å². The minimum absolute atomic E-state index is 0. The minimum Gasteiger partial charge on any atom is -0.160 e. The number of hydrogen-bond donors (Lipinski definition) is 0. The van der Waals surface area contributed by atoms with Crippen molar-refractivity contribution in [2.24, 2.45) is 0 Å². The zero-order chi connectivity index (χ0) is 7.71. The average molecular weight is 278 g/mol. The van der Waals surface area contributed by atoms with Crippen molar-refractivity contribution in [3.8, 4) is 0 Å². The van der Waals surface area contributed by atoms with Gasteiger partial charge in [-0.25, -0.2) is 0 Å². The third kappa shape index (κ3) is 11.5. The molecule has 0 rings (SSSR count). The molecule has 0 atom stereocenters. The van der Waals surface area contributed by atoms with Crippen molar-refractivity contribution in [3.63, 3.8) is 0 Å². The van der Waals surface area contributed by atoms with Gasteiger partial charge in [-0.05, 0) is 0 Å². The molecule has 0 heterocycles. The van der Waals surface area contributed by atoms with Crippen LogP contribution in [0.5, 0.6) is 0 Å². The fourth-order valence-electron chi connectivity index (χ4n) is 0.131. The number of alkyl halides is 6. The summed E-state index contributed by atoms with van der Waals surface area (Å²) in [5.74, 6) is 0. The molecule has 0 aliphatic rings. The van der Waals surface area contributed by atoms with Crippen LogP contribution in [0.3, 0.4) is 0 Å². The summed E-state index contributed by atoms with van der Waals surface area (Å²) in [6, 6.07) is 0. The van der Waals surface area contributed by atoms with E-state index in [4.69, 9.17) is 0 Å². The van der Waals surface area contributed by atoms with Crippen molar-refractivity contribution in [2.75, 3.05) is 0 Å². The van der Waals surface area contributed by atoms with Gasteiger partial charge in [-0.1, -0.05) is 0 Å². The van der Waals surface area contributed by atoms with Crippen LogP contribution >= 0.6 is 11.8 Å². The maximum atomic E-state index is 10.8. The van der Waals surface area contributed by atoms with Gasteiger partial charge in [-0.3, -0.25) is 0 Å². The number of hydrogen-bond acceptors (Lipinski definition) is 1. The van der Waals surface area contributed by atoms with Crippen molar-refractivity contribution >= 4 is 11.8 Å². The summed E-state index contributed by atoms with van der Waals surface area (Å²) >= 11 is -1.99. The van der Waals surface area contributed by atoms with E-state index < -0.39 is 22.8 Å². The van der Waals surface area contributed by atoms with Crippen molar-refractivity contribution in [2.45, 2.75) is 11.0 Å². The number of halogens is 6. The first-order chi connectivity index (χ1) is 3.71. The SMILES string of the molecule is FC(F)(F)SC(F)(F)F.[Ag+]. The molecule has 8 heteroatoms. The minimum atomic E-state index is -5.22. The van der Waals surface area contributed by atoms with Crippen LogP contribution in [0.15, 0.2) is 0 Å². The van der Waals surface area contributed by atoms with E-state index in [9.17, 15) is 26.3 Å². The monoisotopic (exact) mass is 277 g/mol. The second-order valence-electron chi connectivity index (χ2n) is 0.994. The Kier molecular flexibility index (Phi) is 5.16. The molecular weight excluding hydrogens is 278 g/mol. The molecule has 0 aliphatic carbocycles. The van der Waals surface area contributed by atoms with E-state index >= 15 is 0 Å². The molecule has 0 spiro atoms. The van der Waals surface area contributed by atoms with Crippen LogP contribution in [0.1, 0.15) is 0 Å². The van der Waals surface area contributed by atoms with Crippen LogP contribution in [0.2, 0.25) is 0 Å². The van der Waals surface area contributed by atoms with E-state index in [2.05, 4.69) is 0 Å². The van der Waals surface area contributed by atoms with Crippen LogP contribution < -0.4 is 0 Å². The van der Waals surface area contributed by atoms with Crippen LogP contribution in [0.4, 0.5) is 26.3 Å². The summed E-state index contributed by atoms with van der Waals surface area (Å²) in [5.41, 5.74) is -10.4. The van der Waals surface area contributed by atoms with E-state index in [0.717, 1.165) is 0 Å². The van der Waals surface area contributed by atoms with Gasteiger partial charge in [0.2, 0.25) is 0 Å². The summed E-state index contributed by atoms with van der Waals surface area (Å²) < 4.78 is 64.8. The second-order valence-corrected chi connectivity index (χ2v) is 2.12. The normalized spacial score (nSPS) is 12.6. The molecule has 0 aromatic carbocycles. The smallest absolute Gasteiger partial charge is 0.160 e. The molecule has 0 N–H and O–H groups in total. The first kappa shape index (κ1) is 13.3. The first-order valence-electron chi connectivity index (χ1n) is 1.54. The first-order valence-corrected chi connectivity index (χ1v) is 2.36. The van der Waals surface area contributed by atoms with E-state index in [1.54, 1.807) is 0 Å². The zero-order valence-corrected chi connectivity index (χ0v) is 6.28. The van der Waals surface area contributed by atoms with Gasteiger partial charge in [0.1, 0.15) is 0 Å². The molecule has 0 amide bonds. The molecule has 0 fully saturated rings. The Bertz CT molecular complexity index is 80.9. The Hall–Kier alpha value is 0.670. The quantitative estimate of drug-likeness (QED) is 0.485. The fraction of sp³-hybridized carbons (Fsp3) is 1.00. The summed E-state index contributed by atoms with van der Waals surface area (Å²) in [7, 11) is 0. The Labute approximate surface area is 71.9 Å². The third-order valence-electron chi connectivity index (χ3n) is 0.231. The standard InChI is InChI=1S/C2F6S.Ag/c3-1(4,5)9-2(6,7)8;/q;+1. The van der Waals surface area contributed by atoms with E-state index in [1.165, 1.54) is 0 Å². The Morgan fingerprint density at radius 3 is 0.900 bits per heavy atom. The molecule has 0 aromatic rings. The summed E-state index contributed by atoms with van der Waals surface area (Å²) in [6.45, 7) is 0. The molecule has 0 aliphatic heterocycles. The van der Waals surface area contributed by atoms with E-state index in [-0.39, 0.29) is 22.4 Å².